The van der Waals surface area contributed by atoms with Gasteiger partial charge in [-0.1, -0.05) is 27.7 Å². The Morgan fingerprint density at radius 1 is 1.15 bits per heavy atom. The minimum Gasteiger partial charge on any atom is -0.378 e. The standard InChI is InChI=1S/C27H39F2N3O2/c1-5-16-34-21-10-14-31(15-11-21)24(33)20-6-7-23-22(17-20)30-25(26(2,3)4)32(23)18-19-8-12-27(28,29)13-9-19/h6-7,17,19,21H,5,8-16,18H2,1-4H3. The summed E-state index contributed by atoms with van der Waals surface area (Å²) in [6, 6.07) is 5.78. The predicted octanol–water partition coefficient (Wildman–Crippen LogP) is 6.19. The second-order valence-corrected chi connectivity index (χ2v) is 11.2. The van der Waals surface area contributed by atoms with E-state index in [9.17, 15) is 13.6 Å². The fourth-order valence-corrected chi connectivity index (χ4v) is 5.25. The number of benzene rings is 1. The molecule has 2 heterocycles. The second kappa shape index (κ2) is 9.92. The van der Waals surface area contributed by atoms with Crippen LogP contribution in [0.5, 0.6) is 0 Å². The Morgan fingerprint density at radius 2 is 1.82 bits per heavy atom. The number of carbonyl (C=O) groups excluding carboxylic acids is 1. The van der Waals surface area contributed by atoms with Gasteiger partial charge in [-0.2, -0.15) is 0 Å². The lowest BCUT2D eigenvalue weighted by molar-refractivity contribution is -0.0473. The van der Waals surface area contributed by atoms with E-state index < -0.39 is 5.92 Å². The van der Waals surface area contributed by atoms with Crippen LogP contribution in [-0.2, 0) is 16.7 Å². The molecule has 2 aromatic rings. The number of hydrogen-bond acceptors (Lipinski definition) is 3. The fourth-order valence-electron chi connectivity index (χ4n) is 5.25. The molecule has 1 aromatic carbocycles. The molecule has 0 atom stereocenters. The Morgan fingerprint density at radius 3 is 2.44 bits per heavy atom. The highest BCUT2D eigenvalue weighted by Gasteiger charge is 2.36. The first kappa shape index (κ1) is 25.1. The van der Waals surface area contributed by atoms with Crippen LogP contribution in [0.1, 0.15) is 88.8 Å². The topological polar surface area (TPSA) is 47.4 Å². The number of likely N-dealkylation sites (tertiary alicyclic amines) is 1. The lowest BCUT2D eigenvalue weighted by Crippen LogP contribution is -2.41. The number of rotatable bonds is 6. The van der Waals surface area contributed by atoms with Crippen LogP contribution in [0.25, 0.3) is 11.0 Å². The van der Waals surface area contributed by atoms with Gasteiger partial charge in [0.15, 0.2) is 0 Å². The lowest BCUT2D eigenvalue weighted by atomic mass is 9.86. The largest absolute Gasteiger partial charge is 0.378 e. The number of ether oxygens (including phenoxy) is 1. The first-order valence-corrected chi connectivity index (χ1v) is 12.9. The van der Waals surface area contributed by atoms with Crippen molar-refractivity contribution in [1.29, 1.82) is 0 Å². The van der Waals surface area contributed by atoms with E-state index in [2.05, 4.69) is 32.3 Å². The first-order valence-electron chi connectivity index (χ1n) is 12.9. The van der Waals surface area contributed by atoms with Gasteiger partial charge in [-0.05, 0) is 56.2 Å². The Balaban J connectivity index is 1.53. The van der Waals surface area contributed by atoms with Gasteiger partial charge in [0.05, 0.1) is 17.1 Å². The van der Waals surface area contributed by atoms with Crippen molar-refractivity contribution in [3.63, 3.8) is 0 Å². The molecule has 1 amide bonds. The number of hydrogen-bond donors (Lipinski definition) is 0. The van der Waals surface area contributed by atoms with Crippen LogP contribution in [-0.4, -0.2) is 52.1 Å². The highest BCUT2D eigenvalue weighted by atomic mass is 19.3. The van der Waals surface area contributed by atoms with Gasteiger partial charge in [0.25, 0.3) is 5.91 Å². The maximum atomic E-state index is 13.7. The van der Waals surface area contributed by atoms with Gasteiger partial charge in [-0.15, -0.1) is 0 Å². The van der Waals surface area contributed by atoms with Crippen LogP contribution >= 0.6 is 0 Å². The minimum atomic E-state index is -2.52. The van der Waals surface area contributed by atoms with Crippen LogP contribution in [0.15, 0.2) is 18.2 Å². The van der Waals surface area contributed by atoms with E-state index in [0.717, 1.165) is 42.7 Å². The third-order valence-corrected chi connectivity index (χ3v) is 7.23. The zero-order valence-corrected chi connectivity index (χ0v) is 21.1. The Kier molecular flexibility index (Phi) is 7.32. The van der Waals surface area contributed by atoms with Gasteiger partial charge in [-0.25, -0.2) is 13.8 Å². The van der Waals surface area contributed by atoms with Crippen molar-refractivity contribution in [3.05, 3.63) is 29.6 Å². The number of amides is 1. The number of halogens is 2. The second-order valence-electron chi connectivity index (χ2n) is 11.2. The maximum absolute atomic E-state index is 13.7. The van der Waals surface area contributed by atoms with Crippen molar-refractivity contribution in [1.82, 2.24) is 14.5 Å². The van der Waals surface area contributed by atoms with E-state index in [0.29, 0.717) is 38.0 Å². The van der Waals surface area contributed by atoms with Gasteiger partial charge in [0, 0.05) is 50.1 Å². The summed E-state index contributed by atoms with van der Waals surface area (Å²) in [7, 11) is 0. The third kappa shape index (κ3) is 5.61. The highest BCUT2D eigenvalue weighted by molar-refractivity contribution is 5.97. The zero-order valence-electron chi connectivity index (χ0n) is 21.1. The Bertz CT molecular complexity index is 993. The minimum absolute atomic E-state index is 0.0338. The molecule has 0 bridgehead atoms. The number of aromatic nitrogens is 2. The molecule has 5 nitrogen and oxygen atoms in total. The molecule has 1 aliphatic heterocycles. The Labute approximate surface area is 201 Å². The normalized spacial score (nSPS) is 20.2. The average Bonchev–Trinajstić information content (AvgIpc) is 3.17. The van der Waals surface area contributed by atoms with Crippen LogP contribution < -0.4 is 0 Å². The van der Waals surface area contributed by atoms with Crippen LogP contribution in [0.3, 0.4) is 0 Å². The van der Waals surface area contributed by atoms with E-state index in [4.69, 9.17) is 9.72 Å². The molecule has 1 aromatic heterocycles. The molecule has 2 fully saturated rings. The molecule has 0 unspecified atom stereocenters. The van der Waals surface area contributed by atoms with Crippen LogP contribution in [0.2, 0.25) is 0 Å². The van der Waals surface area contributed by atoms with Crippen LogP contribution in [0.4, 0.5) is 8.78 Å². The van der Waals surface area contributed by atoms with E-state index in [1.54, 1.807) is 0 Å². The van der Waals surface area contributed by atoms with Crippen LogP contribution in [0, 0.1) is 5.92 Å². The van der Waals surface area contributed by atoms with Gasteiger partial charge in [0.2, 0.25) is 5.92 Å². The van der Waals surface area contributed by atoms with Crippen molar-refractivity contribution in [2.24, 2.45) is 5.92 Å². The molecule has 34 heavy (non-hydrogen) atoms. The Hall–Kier alpha value is -2.02. The number of piperidine rings is 1. The van der Waals surface area contributed by atoms with Crippen molar-refractivity contribution in [2.45, 2.75) is 96.6 Å². The summed E-state index contributed by atoms with van der Waals surface area (Å²) in [6.45, 7) is 11.4. The molecule has 7 heteroatoms. The monoisotopic (exact) mass is 475 g/mol. The number of nitrogens with zero attached hydrogens (tertiary/aromatic N) is 3. The summed E-state index contributed by atoms with van der Waals surface area (Å²) < 4.78 is 35.4. The summed E-state index contributed by atoms with van der Waals surface area (Å²) in [5.74, 6) is -1.32. The fraction of sp³-hybridized carbons (Fsp3) is 0.704. The molecular formula is C27H39F2N3O2. The van der Waals surface area contributed by atoms with Crippen molar-refractivity contribution >= 4 is 16.9 Å². The molecule has 0 N–H and O–H groups in total. The van der Waals surface area contributed by atoms with E-state index in [1.807, 2.05) is 23.1 Å². The molecular weight excluding hydrogens is 436 g/mol. The summed E-state index contributed by atoms with van der Waals surface area (Å²) >= 11 is 0. The maximum Gasteiger partial charge on any atom is 0.253 e. The van der Waals surface area contributed by atoms with Crippen molar-refractivity contribution in [2.75, 3.05) is 19.7 Å². The molecule has 2 aliphatic rings. The summed E-state index contributed by atoms with van der Waals surface area (Å²) in [4.78, 5) is 20.1. The van der Waals surface area contributed by atoms with E-state index in [1.165, 1.54) is 0 Å². The van der Waals surface area contributed by atoms with Gasteiger partial charge < -0.3 is 14.2 Å². The number of carbonyl (C=O) groups is 1. The van der Waals surface area contributed by atoms with Gasteiger partial charge in [-0.3, -0.25) is 4.79 Å². The molecule has 188 valence electrons. The molecule has 1 saturated carbocycles. The SMILES string of the molecule is CCCOC1CCN(C(=O)c2ccc3c(c2)nc(C(C)(C)C)n3CC2CCC(F)(F)CC2)CC1. The average molecular weight is 476 g/mol. The zero-order chi connectivity index (χ0) is 24.5. The molecule has 1 saturated heterocycles. The molecule has 0 spiro atoms. The quantitative estimate of drug-likeness (QED) is 0.500. The van der Waals surface area contributed by atoms with Gasteiger partial charge >= 0.3 is 0 Å². The van der Waals surface area contributed by atoms with Crippen molar-refractivity contribution < 1.29 is 18.3 Å². The van der Waals surface area contributed by atoms with E-state index >= 15 is 0 Å². The summed E-state index contributed by atoms with van der Waals surface area (Å²) in [5.41, 5.74) is 2.24. The number of imidazole rings is 1. The van der Waals surface area contributed by atoms with Crippen molar-refractivity contribution in [3.8, 4) is 0 Å². The predicted molar refractivity (Wildman–Crippen MR) is 131 cm³/mol. The lowest BCUT2D eigenvalue weighted by Gasteiger charge is -2.32. The molecule has 0 radical (unpaired) electrons. The molecule has 4 rings (SSSR count). The third-order valence-electron chi connectivity index (χ3n) is 7.23. The number of alkyl halides is 2. The highest BCUT2D eigenvalue weighted by Crippen LogP contribution is 2.38. The van der Waals surface area contributed by atoms with E-state index in [-0.39, 0.29) is 36.2 Å². The number of fused-ring (bicyclic) bond motifs is 1. The summed E-state index contributed by atoms with van der Waals surface area (Å²) in [5, 5.41) is 0. The summed E-state index contributed by atoms with van der Waals surface area (Å²) in [6.07, 6.45) is 4.00. The smallest absolute Gasteiger partial charge is 0.253 e. The first-order chi connectivity index (χ1) is 16.1. The molecule has 1 aliphatic carbocycles. The van der Waals surface area contributed by atoms with Gasteiger partial charge in [0.1, 0.15) is 5.82 Å².